The highest BCUT2D eigenvalue weighted by atomic mass is 32.1. The predicted octanol–water partition coefficient (Wildman–Crippen LogP) is 5.17. The fraction of sp³-hybridized carbons (Fsp3) is 0.304. The monoisotopic (exact) mass is 376 g/mol. The quantitative estimate of drug-likeness (QED) is 0.615. The summed E-state index contributed by atoms with van der Waals surface area (Å²) in [4.78, 5) is 21.8. The summed E-state index contributed by atoms with van der Waals surface area (Å²) in [6.07, 6.45) is 8.32. The fourth-order valence-corrected chi connectivity index (χ4v) is 4.88. The SMILES string of the molecule is Cc1ccccc1CN(Cc1cccnc1)C(=O)c1cc2c(s1)CCCC2. The van der Waals surface area contributed by atoms with Crippen LogP contribution in [0.25, 0.3) is 0 Å². The minimum atomic E-state index is 0.126. The topological polar surface area (TPSA) is 33.2 Å². The van der Waals surface area contributed by atoms with Crippen LogP contribution in [-0.4, -0.2) is 15.8 Å². The van der Waals surface area contributed by atoms with E-state index in [1.54, 1.807) is 17.5 Å². The highest BCUT2D eigenvalue weighted by Crippen LogP contribution is 2.31. The van der Waals surface area contributed by atoms with E-state index >= 15 is 0 Å². The molecule has 0 bridgehead atoms. The van der Waals surface area contributed by atoms with Gasteiger partial charge in [0.05, 0.1) is 4.88 Å². The summed E-state index contributed by atoms with van der Waals surface area (Å²) >= 11 is 1.69. The number of aromatic nitrogens is 1. The van der Waals surface area contributed by atoms with Gasteiger partial charge in [0, 0.05) is 30.4 Å². The first-order valence-electron chi connectivity index (χ1n) is 9.55. The predicted molar refractivity (Wildman–Crippen MR) is 110 cm³/mol. The van der Waals surface area contributed by atoms with E-state index in [1.807, 2.05) is 35.4 Å². The Morgan fingerprint density at radius 2 is 1.96 bits per heavy atom. The summed E-state index contributed by atoms with van der Waals surface area (Å²) in [5.74, 6) is 0.126. The molecule has 2 heterocycles. The van der Waals surface area contributed by atoms with E-state index < -0.39 is 0 Å². The van der Waals surface area contributed by atoms with Gasteiger partial charge in [0.25, 0.3) is 5.91 Å². The molecule has 0 atom stereocenters. The molecular weight excluding hydrogens is 352 g/mol. The maximum Gasteiger partial charge on any atom is 0.264 e. The molecule has 27 heavy (non-hydrogen) atoms. The van der Waals surface area contributed by atoms with Crippen LogP contribution in [-0.2, 0) is 25.9 Å². The van der Waals surface area contributed by atoms with Crippen molar-refractivity contribution in [2.24, 2.45) is 0 Å². The molecule has 0 saturated carbocycles. The Balaban J connectivity index is 1.63. The van der Waals surface area contributed by atoms with Crippen molar-refractivity contribution in [1.82, 2.24) is 9.88 Å². The van der Waals surface area contributed by atoms with Crippen LogP contribution in [0, 0.1) is 6.92 Å². The molecule has 0 N–H and O–H groups in total. The van der Waals surface area contributed by atoms with Gasteiger partial charge in [-0.25, -0.2) is 0 Å². The van der Waals surface area contributed by atoms with Crippen LogP contribution in [0.4, 0.5) is 0 Å². The number of nitrogens with zero attached hydrogens (tertiary/aromatic N) is 2. The summed E-state index contributed by atoms with van der Waals surface area (Å²) < 4.78 is 0. The maximum absolute atomic E-state index is 13.4. The van der Waals surface area contributed by atoms with E-state index in [2.05, 4.69) is 30.1 Å². The Hall–Kier alpha value is -2.46. The van der Waals surface area contributed by atoms with E-state index in [0.717, 1.165) is 23.3 Å². The largest absolute Gasteiger partial charge is 0.329 e. The van der Waals surface area contributed by atoms with Crippen molar-refractivity contribution in [2.45, 2.75) is 45.7 Å². The molecule has 4 heteroatoms. The van der Waals surface area contributed by atoms with E-state index in [-0.39, 0.29) is 5.91 Å². The zero-order chi connectivity index (χ0) is 18.6. The van der Waals surface area contributed by atoms with Gasteiger partial charge in [0.1, 0.15) is 0 Å². The van der Waals surface area contributed by atoms with E-state index in [9.17, 15) is 4.79 Å². The van der Waals surface area contributed by atoms with Gasteiger partial charge in [-0.05, 0) is 67.0 Å². The summed E-state index contributed by atoms with van der Waals surface area (Å²) in [6, 6.07) is 14.4. The van der Waals surface area contributed by atoms with Crippen LogP contribution < -0.4 is 0 Å². The number of carbonyl (C=O) groups is 1. The number of hydrogen-bond donors (Lipinski definition) is 0. The normalized spacial score (nSPS) is 13.2. The molecule has 0 fully saturated rings. The molecule has 1 aromatic carbocycles. The average Bonchev–Trinajstić information content (AvgIpc) is 3.13. The number of thiophene rings is 1. The lowest BCUT2D eigenvalue weighted by molar-refractivity contribution is 0.0734. The number of aryl methyl sites for hydroxylation is 3. The Kier molecular flexibility index (Phi) is 5.35. The van der Waals surface area contributed by atoms with Crippen molar-refractivity contribution >= 4 is 17.2 Å². The Bertz CT molecular complexity index is 909. The molecule has 1 aliphatic rings. The summed E-state index contributed by atoms with van der Waals surface area (Å²) in [7, 11) is 0. The second-order valence-electron chi connectivity index (χ2n) is 7.22. The Morgan fingerprint density at radius 1 is 1.11 bits per heavy atom. The van der Waals surface area contributed by atoms with Gasteiger partial charge >= 0.3 is 0 Å². The molecule has 4 rings (SSSR count). The van der Waals surface area contributed by atoms with Crippen LogP contribution in [0.5, 0.6) is 0 Å². The van der Waals surface area contributed by atoms with Crippen molar-refractivity contribution in [2.75, 3.05) is 0 Å². The molecule has 1 amide bonds. The van der Waals surface area contributed by atoms with E-state index in [1.165, 1.54) is 34.4 Å². The van der Waals surface area contributed by atoms with Gasteiger partial charge in [0.15, 0.2) is 0 Å². The molecule has 0 spiro atoms. The average molecular weight is 377 g/mol. The number of pyridine rings is 1. The summed E-state index contributed by atoms with van der Waals surface area (Å²) in [5, 5.41) is 0. The van der Waals surface area contributed by atoms with Crippen molar-refractivity contribution in [3.05, 3.63) is 86.9 Å². The lowest BCUT2D eigenvalue weighted by Crippen LogP contribution is -2.30. The minimum absolute atomic E-state index is 0.126. The molecule has 3 nitrogen and oxygen atoms in total. The second-order valence-corrected chi connectivity index (χ2v) is 8.35. The minimum Gasteiger partial charge on any atom is -0.329 e. The highest BCUT2D eigenvalue weighted by Gasteiger charge is 2.22. The molecule has 0 aliphatic heterocycles. The Morgan fingerprint density at radius 3 is 2.74 bits per heavy atom. The third-order valence-electron chi connectivity index (χ3n) is 5.21. The smallest absolute Gasteiger partial charge is 0.264 e. The van der Waals surface area contributed by atoms with Gasteiger partial charge in [0.2, 0.25) is 0 Å². The lowest BCUT2D eigenvalue weighted by Gasteiger charge is -2.23. The summed E-state index contributed by atoms with van der Waals surface area (Å²) in [5.41, 5.74) is 4.84. The molecule has 1 aliphatic carbocycles. The van der Waals surface area contributed by atoms with Crippen molar-refractivity contribution in [1.29, 1.82) is 0 Å². The third kappa shape index (κ3) is 4.11. The zero-order valence-corrected chi connectivity index (χ0v) is 16.5. The number of carbonyl (C=O) groups excluding carboxylic acids is 1. The molecule has 0 radical (unpaired) electrons. The van der Waals surface area contributed by atoms with Gasteiger partial charge in [-0.15, -0.1) is 11.3 Å². The van der Waals surface area contributed by atoms with Crippen LogP contribution in [0.15, 0.2) is 54.9 Å². The van der Waals surface area contributed by atoms with Crippen molar-refractivity contribution in [3.8, 4) is 0 Å². The van der Waals surface area contributed by atoms with Crippen molar-refractivity contribution in [3.63, 3.8) is 0 Å². The number of rotatable bonds is 5. The molecule has 0 unspecified atom stereocenters. The lowest BCUT2D eigenvalue weighted by atomic mass is 9.99. The van der Waals surface area contributed by atoms with Gasteiger partial charge in [-0.3, -0.25) is 9.78 Å². The van der Waals surface area contributed by atoms with Crippen molar-refractivity contribution < 1.29 is 4.79 Å². The van der Waals surface area contributed by atoms with Crippen LogP contribution in [0.1, 0.15) is 49.6 Å². The number of benzene rings is 1. The third-order valence-corrected chi connectivity index (χ3v) is 6.44. The fourth-order valence-electron chi connectivity index (χ4n) is 3.66. The second kappa shape index (κ2) is 8.05. The highest BCUT2D eigenvalue weighted by molar-refractivity contribution is 7.14. The van der Waals surface area contributed by atoms with E-state index in [0.29, 0.717) is 13.1 Å². The number of hydrogen-bond acceptors (Lipinski definition) is 3. The molecule has 2 aromatic heterocycles. The molecule has 0 saturated heterocycles. The zero-order valence-electron chi connectivity index (χ0n) is 15.6. The summed E-state index contributed by atoms with van der Waals surface area (Å²) in [6.45, 7) is 3.29. The number of fused-ring (bicyclic) bond motifs is 1. The molecular formula is C23H24N2OS. The first-order chi connectivity index (χ1) is 13.2. The Labute approximate surface area is 164 Å². The van der Waals surface area contributed by atoms with Gasteiger partial charge < -0.3 is 4.90 Å². The van der Waals surface area contributed by atoms with Crippen LogP contribution >= 0.6 is 11.3 Å². The number of amides is 1. The van der Waals surface area contributed by atoms with Gasteiger partial charge in [-0.2, -0.15) is 0 Å². The molecule has 3 aromatic rings. The molecule has 138 valence electrons. The van der Waals surface area contributed by atoms with Crippen LogP contribution in [0.3, 0.4) is 0 Å². The standard InChI is InChI=1S/C23H24N2OS/c1-17-7-2-3-10-20(17)16-25(15-18-8-6-12-24-14-18)23(26)22-13-19-9-4-5-11-21(19)27-22/h2-3,6-8,10,12-14H,4-5,9,11,15-16H2,1H3. The first-order valence-corrected chi connectivity index (χ1v) is 10.4. The van der Waals surface area contributed by atoms with E-state index in [4.69, 9.17) is 0 Å². The van der Waals surface area contributed by atoms with Gasteiger partial charge in [-0.1, -0.05) is 30.3 Å². The van der Waals surface area contributed by atoms with Crippen LogP contribution in [0.2, 0.25) is 0 Å². The maximum atomic E-state index is 13.4. The first kappa shape index (κ1) is 17.9.